The first-order chi connectivity index (χ1) is 10.0. The van der Waals surface area contributed by atoms with Crippen LogP contribution in [0.5, 0.6) is 0 Å². The van der Waals surface area contributed by atoms with E-state index in [9.17, 15) is 14.7 Å². The molecule has 0 radical (unpaired) electrons. The maximum Gasteiger partial charge on any atom is 0.330 e. The summed E-state index contributed by atoms with van der Waals surface area (Å²) >= 11 is 6.00. The van der Waals surface area contributed by atoms with Crippen LogP contribution in [0.15, 0.2) is 24.3 Å². The molecule has 1 aliphatic rings. The highest BCUT2D eigenvalue weighted by Crippen LogP contribution is 2.44. The van der Waals surface area contributed by atoms with Crippen LogP contribution < -0.4 is 5.32 Å². The number of benzene rings is 1. The zero-order valence-electron chi connectivity index (χ0n) is 11.8. The molecule has 1 aromatic carbocycles. The lowest BCUT2D eigenvalue weighted by atomic mass is 9.63. The number of methoxy groups -OCH3 is 1. The Hall–Kier alpha value is -1.59. The van der Waals surface area contributed by atoms with Gasteiger partial charge in [0.25, 0.3) is 0 Å². The smallest absolute Gasteiger partial charge is 0.330 e. The monoisotopic (exact) mass is 311 g/mol. The third kappa shape index (κ3) is 3.04. The van der Waals surface area contributed by atoms with Crippen LogP contribution in [0.1, 0.15) is 24.8 Å². The number of rotatable bonds is 5. The first kappa shape index (κ1) is 15.8. The zero-order valence-corrected chi connectivity index (χ0v) is 12.5. The first-order valence-corrected chi connectivity index (χ1v) is 7.17. The van der Waals surface area contributed by atoms with Crippen LogP contribution in [-0.2, 0) is 19.7 Å². The molecular formula is C15H18ClNO4. The molecule has 0 aliphatic heterocycles. The van der Waals surface area contributed by atoms with E-state index in [1.165, 1.54) is 7.11 Å². The van der Waals surface area contributed by atoms with Gasteiger partial charge in [0.05, 0.1) is 19.1 Å². The predicted octanol–water partition coefficient (Wildman–Crippen LogP) is 1.41. The Balaban J connectivity index is 2.20. The quantitative estimate of drug-likeness (QED) is 0.806. The van der Waals surface area contributed by atoms with Gasteiger partial charge in [-0.15, -0.1) is 0 Å². The topological polar surface area (TPSA) is 75.6 Å². The minimum Gasteiger partial charge on any atom is -0.467 e. The van der Waals surface area contributed by atoms with E-state index in [0.717, 1.165) is 12.0 Å². The highest BCUT2D eigenvalue weighted by molar-refractivity contribution is 6.30. The Labute approximate surface area is 128 Å². The van der Waals surface area contributed by atoms with E-state index >= 15 is 0 Å². The van der Waals surface area contributed by atoms with Crippen molar-refractivity contribution in [3.8, 4) is 0 Å². The van der Waals surface area contributed by atoms with E-state index in [4.69, 9.17) is 11.6 Å². The van der Waals surface area contributed by atoms with E-state index in [0.29, 0.717) is 17.9 Å². The van der Waals surface area contributed by atoms with Gasteiger partial charge in [0.15, 0.2) is 6.04 Å². The van der Waals surface area contributed by atoms with Crippen molar-refractivity contribution in [2.24, 2.45) is 0 Å². The van der Waals surface area contributed by atoms with Gasteiger partial charge in [-0.25, -0.2) is 4.79 Å². The molecule has 6 heteroatoms. The SMILES string of the molecule is COC(=O)C(CO)NC(=O)C1(c2cccc(Cl)c2)CCC1. The highest BCUT2D eigenvalue weighted by Gasteiger charge is 2.46. The Morgan fingerprint density at radius 3 is 2.67 bits per heavy atom. The Kier molecular flexibility index (Phi) is 4.85. The van der Waals surface area contributed by atoms with Crippen LogP contribution in [-0.4, -0.2) is 36.7 Å². The van der Waals surface area contributed by atoms with Crippen LogP contribution in [0, 0.1) is 0 Å². The van der Waals surface area contributed by atoms with E-state index in [2.05, 4.69) is 10.1 Å². The number of hydrogen-bond donors (Lipinski definition) is 2. The van der Waals surface area contributed by atoms with Gasteiger partial charge in [0.1, 0.15) is 0 Å². The van der Waals surface area contributed by atoms with Gasteiger partial charge in [-0.05, 0) is 30.5 Å². The summed E-state index contributed by atoms with van der Waals surface area (Å²) in [7, 11) is 1.22. The van der Waals surface area contributed by atoms with Crippen molar-refractivity contribution < 1.29 is 19.4 Å². The lowest BCUT2D eigenvalue weighted by molar-refractivity contribution is -0.147. The molecule has 0 aromatic heterocycles. The predicted molar refractivity (Wildman–Crippen MR) is 78.0 cm³/mol. The van der Waals surface area contributed by atoms with Gasteiger partial charge in [-0.1, -0.05) is 30.2 Å². The number of carbonyl (C=O) groups is 2. The third-order valence-electron chi connectivity index (χ3n) is 3.99. The van der Waals surface area contributed by atoms with Gasteiger partial charge in [-0.3, -0.25) is 4.79 Å². The van der Waals surface area contributed by atoms with Crippen molar-refractivity contribution in [3.05, 3.63) is 34.9 Å². The number of nitrogens with one attached hydrogen (secondary N) is 1. The Morgan fingerprint density at radius 2 is 2.19 bits per heavy atom. The molecule has 21 heavy (non-hydrogen) atoms. The number of esters is 1. The van der Waals surface area contributed by atoms with Crippen molar-refractivity contribution in [1.29, 1.82) is 0 Å². The average Bonchev–Trinajstić information content (AvgIpc) is 2.43. The molecule has 1 atom stereocenters. The maximum absolute atomic E-state index is 12.6. The molecule has 0 spiro atoms. The molecule has 5 nitrogen and oxygen atoms in total. The minimum atomic E-state index is -1.04. The number of aliphatic hydroxyl groups is 1. The summed E-state index contributed by atoms with van der Waals surface area (Å²) in [6, 6.07) is 6.14. The van der Waals surface area contributed by atoms with E-state index in [-0.39, 0.29) is 5.91 Å². The van der Waals surface area contributed by atoms with Crippen molar-refractivity contribution >= 4 is 23.5 Å². The lowest BCUT2D eigenvalue weighted by Crippen LogP contribution is -2.55. The molecule has 1 unspecified atom stereocenters. The second-order valence-electron chi connectivity index (χ2n) is 5.18. The van der Waals surface area contributed by atoms with Crippen molar-refractivity contribution in [2.75, 3.05) is 13.7 Å². The molecule has 0 saturated heterocycles. The fourth-order valence-electron chi connectivity index (χ4n) is 2.58. The molecular weight excluding hydrogens is 294 g/mol. The van der Waals surface area contributed by atoms with Crippen molar-refractivity contribution in [3.63, 3.8) is 0 Å². The first-order valence-electron chi connectivity index (χ1n) is 6.79. The number of ether oxygens (including phenoxy) is 1. The van der Waals surface area contributed by atoms with Gasteiger partial charge in [0.2, 0.25) is 5.91 Å². The summed E-state index contributed by atoms with van der Waals surface area (Å²) in [4.78, 5) is 24.1. The molecule has 1 aromatic rings. The standard InChI is InChI=1S/C15H18ClNO4/c1-21-13(19)12(9-18)17-14(20)15(6-3-7-15)10-4-2-5-11(16)8-10/h2,4-5,8,12,18H,3,6-7,9H2,1H3,(H,17,20). The Morgan fingerprint density at radius 1 is 1.48 bits per heavy atom. The third-order valence-corrected chi connectivity index (χ3v) is 4.23. The summed E-state index contributed by atoms with van der Waals surface area (Å²) in [5, 5.41) is 12.4. The highest BCUT2D eigenvalue weighted by atomic mass is 35.5. The molecule has 1 aliphatic carbocycles. The summed E-state index contributed by atoms with van der Waals surface area (Å²) in [5.74, 6) is -0.938. The van der Waals surface area contributed by atoms with Crippen molar-refractivity contribution in [1.82, 2.24) is 5.32 Å². The second-order valence-corrected chi connectivity index (χ2v) is 5.61. The van der Waals surface area contributed by atoms with Crippen LogP contribution >= 0.6 is 11.6 Å². The summed E-state index contributed by atoms with van der Waals surface area (Å²) < 4.78 is 4.56. The summed E-state index contributed by atoms with van der Waals surface area (Å²) in [5.41, 5.74) is 0.159. The molecule has 2 rings (SSSR count). The van der Waals surface area contributed by atoms with E-state index in [1.807, 2.05) is 6.07 Å². The summed E-state index contributed by atoms with van der Waals surface area (Å²) in [6.45, 7) is -0.496. The second kappa shape index (κ2) is 6.45. The fourth-order valence-corrected chi connectivity index (χ4v) is 2.77. The molecule has 1 saturated carbocycles. The van der Waals surface area contributed by atoms with Gasteiger partial charge in [0, 0.05) is 5.02 Å². The Bertz CT molecular complexity index is 542. The van der Waals surface area contributed by atoms with Crippen LogP contribution in [0.3, 0.4) is 0 Å². The van der Waals surface area contributed by atoms with Crippen LogP contribution in [0.4, 0.5) is 0 Å². The lowest BCUT2D eigenvalue weighted by Gasteiger charge is -2.41. The largest absolute Gasteiger partial charge is 0.467 e. The van der Waals surface area contributed by atoms with E-state index in [1.54, 1.807) is 18.2 Å². The molecule has 1 amide bonds. The van der Waals surface area contributed by atoms with Crippen LogP contribution in [0.2, 0.25) is 5.02 Å². The minimum absolute atomic E-state index is 0.277. The maximum atomic E-state index is 12.6. The summed E-state index contributed by atoms with van der Waals surface area (Å²) in [6.07, 6.45) is 2.32. The van der Waals surface area contributed by atoms with E-state index < -0.39 is 24.0 Å². The molecule has 0 bridgehead atoms. The van der Waals surface area contributed by atoms with Crippen molar-refractivity contribution in [2.45, 2.75) is 30.7 Å². The number of hydrogen-bond acceptors (Lipinski definition) is 4. The number of aliphatic hydroxyl groups excluding tert-OH is 1. The average molecular weight is 312 g/mol. The van der Waals surface area contributed by atoms with Gasteiger partial charge < -0.3 is 15.2 Å². The van der Waals surface area contributed by atoms with Crippen LogP contribution in [0.25, 0.3) is 0 Å². The van der Waals surface area contributed by atoms with Gasteiger partial charge in [-0.2, -0.15) is 0 Å². The number of amides is 1. The zero-order chi connectivity index (χ0) is 15.5. The number of carbonyl (C=O) groups excluding carboxylic acids is 2. The molecule has 1 fully saturated rings. The molecule has 0 heterocycles. The normalized spacial score (nSPS) is 17.5. The number of halogens is 1. The van der Waals surface area contributed by atoms with Gasteiger partial charge >= 0.3 is 5.97 Å². The fraction of sp³-hybridized carbons (Fsp3) is 0.467. The molecule has 2 N–H and O–H groups in total. The molecule has 114 valence electrons.